The highest BCUT2D eigenvalue weighted by molar-refractivity contribution is 9.14. The average Bonchev–Trinajstić information content (AvgIpc) is 2.60. The minimum Gasteiger partial charge on any atom is -0.465 e. The van der Waals surface area contributed by atoms with Crippen molar-refractivity contribution in [2.24, 2.45) is 0 Å². The summed E-state index contributed by atoms with van der Waals surface area (Å²) >= 11 is 14.7. The zero-order valence-corrected chi connectivity index (χ0v) is 22.4. The predicted molar refractivity (Wildman–Crippen MR) is 124 cm³/mol. The molecule has 1 saturated heterocycles. The second kappa shape index (κ2) is 8.65. The van der Waals surface area contributed by atoms with Crippen LogP contribution in [0.4, 0.5) is 0 Å². The van der Waals surface area contributed by atoms with E-state index in [1.807, 2.05) is 44.2 Å². The molecule has 1 fully saturated rings. The number of nitrogens with one attached hydrogen (secondary N) is 1. The number of hydrogen-bond donors (Lipinski definition) is 1. The fraction of sp³-hybridized carbons (Fsp3) is 0.579. The molecule has 1 N–H and O–H groups in total. The number of ether oxygens (including phenoxy) is 2. The van der Waals surface area contributed by atoms with Gasteiger partial charge >= 0.3 is 11.9 Å². The zero-order chi connectivity index (χ0) is 21.4. The lowest BCUT2D eigenvalue weighted by Crippen LogP contribution is -2.79. The number of alkyl halides is 4. The van der Waals surface area contributed by atoms with Crippen LogP contribution in [0.2, 0.25) is 0 Å². The third kappa shape index (κ3) is 3.74. The second-order valence-electron chi connectivity index (χ2n) is 6.84. The van der Waals surface area contributed by atoms with Crippen LogP contribution < -0.4 is 5.32 Å². The Morgan fingerprint density at radius 3 is 1.64 bits per heavy atom. The summed E-state index contributed by atoms with van der Waals surface area (Å²) < 4.78 is 6.21. The van der Waals surface area contributed by atoms with E-state index < -0.39 is 35.4 Å². The quantitative estimate of drug-likeness (QED) is 0.277. The van der Waals surface area contributed by atoms with Gasteiger partial charge in [-0.3, -0.25) is 14.9 Å². The molecule has 0 aromatic heterocycles. The highest BCUT2D eigenvalue weighted by atomic mass is 79.9. The van der Waals surface area contributed by atoms with Crippen LogP contribution in [-0.4, -0.2) is 42.7 Å². The number of halogens is 4. The molecule has 5 nitrogen and oxygen atoms in total. The van der Waals surface area contributed by atoms with Gasteiger partial charge in [0.1, 0.15) is 0 Å². The van der Waals surface area contributed by atoms with Crippen molar-refractivity contribution in [1.82, 2.24) is 5.32 Å². The smallest absolute Gasteiger partial charge is 0.326 e. The molecular weight excluding hydrogens is 626 g/mol. The maximum Gasteiger partial charge on any atom is 0.326 e. The largest absolute Gasteiger partial charge is 0.465 e. The molecule has 1 aliphatic rings. The maximum absolute atomic E-state index is 13.3. The summed E-state index contributed by atoms with van der Waals surface area (Å²) in [6.45, 7) is 7.55. The molecule has 1 aromatic carbocycles. The summed E-state index contributed by atoms with van der Waals surface area (Å²) in [5, 5.41) is 3.33. The van der Waals surface area contributed by atoms with Gasteiger partial charge in [-0.1, -0.05) is 94.1 Å². The molecule has 9 heteroatoms. The summed E-state index contributed by atoms with van der Waals surface area (Å²) in [6, 6.07) is 9.38. The SMILES string of the molecule is CCOC(=O)[C@@]1(Br)C(c2ccccc2)[C@@](Br)(C(=O)OCC)[C@@](C)(Br)N[C@]1(C)Br. The summed E-state index contributed by atoms with van der Waals surface area (Å²) in [5.74, 6) is -1.69. The zero-order valence-electron chi connectivity index (χ0n) is 16.0. The van der Waals surface area contributed by atoms with E-state index in [4.69, 9.17) is 9.47 Å². The summed E-state index contributed by atoms with van der Waals surface area (Å²) in [4.78, 5) is 26.5. The lowest BCUT2D eigenvalue weighted by Gasteiger charge is -2.60. The number of carbonyl (C=O) groups is 2. The maximum atomic E-state index is 13.3. The number of piperidine rings is 1. The van der Waals surface area contributed by atoms with Gasteiger partial charge in [-0.05, 0) is 33.3 Å². The Morgan fingerprint density at radius 2 is 1.29 bits per heavy atom. The number of benzene rings is 1. The van der Waals surface area contributed by atoms with E-state index in [0.717, 1.165) is 5.56 Å². The molecule has 1 heterocycles. The van der Waals surface area contributed by atoms with Gasteiger partial charge in [-0.15, -0.1) is 0 Å². The monoisotopic (exact) mass is 645 g/mol. The van der Waals surface area contributed by atoms with Crippen LogP contribution in [0, 0.1) is 0 Å². The van der Waals surface area contributed by atoms with Gasteiger partial charge in [0.2, 0.25) is 0 Å². The van der Waals surface area contributed by atoms with E-state index in [9.17, 15) is 9.59 Å². The minimum absolute atomic E-state index is 0.205. The molecule has 0 bridgehead atoms. The molecule has 1 unspecified atom stereocenters. The van der Waals surface area contributed by atoms with E-state index >= 15 is 0 Å². The Balaban J connectivity index is 2.86. The van der Waals surface area contributed by atoms with Crippen LogP contribution in [-0.2, 0) is 19.1 Å². The van der Waals surface area contributed by atoms with Crippen molar-refractivity contribution in [3.63, 3.8) is 0 Å². The first-order chi connectivity index (χ1) is 12.9. The van der Waals surface area contributed by atoms with Crippen LogP contribution in [0.25, 0.3) is 0 Å². The van der Waals surface area contributed by atoms with Crippen molar-refractivity contribution < 1.29 is 19.1 Å². The molecule has 2 rings (SSSR count). The number of rotatable bonds is 5. The van der Waals surface area contributed by atoms with Crippen molar-refractivity contribution in [3.8, 4) is 0 Å². The van der Waals surface area contributed by atoms with Crippen molar-refractivity contribution >= 4 is 75.7 Å². The molecule has 28 heavy (non-hydrogen) atoms. The molecule has 5 atom stereocenters. The fourth-order valence-corrected chi connectivity index (χ4v) is 7.43. The Kier molecular flexibility index (Phi) is 7.51. The number of hydrogen-bond acceptors (Lipinski definition) is 5. The first-order valence-electron chi connectivity index (χ1n) is 8.84. The van der Waals surface area contributed by atoms with E-state index in [2.05, 4.69) is 69.0 Å². The van der Waals surface area contributed by atoms with Crippen molar-refractivity contribution in [2.75, 3.05) is 13.2 Å². The van der Waals surface area contributed by atoms with Crippen LogP contribution in [0.15, 0.2) is 30.3 Å². The molecule has 0 spiro atoms. The van der Waals surface area contributed by atoms with Gasteiger partial charge in [0.05, 0.1) is 22.1 Å². The predicted octanol–water partition coefficient (Wildman–Crippen LogP) is 4.99. The van der Waals surface area contributed by atoms with Gasteiger partial charge < -0.3 is 9.47 Å². The van der Waals surface area contributed by atoms with Crippen molar-refractivity contribution in [1.29, 1.82) is 0 Å². The fourth-order valence-electron chi connectivity index (χ4n) is 3.64. The summed E-state index contributed by atoms with van der Waals surface area (Å²) in [7, 11) is 0. The molecule has 0 aliphatic carbocycles. The third-order valence-electron chi connectivity index (χ3n) is 4.91. The average molecular weight is 649 g/mol. The van der Waals surface area contributed by atoms with Gasteiger partial charge in [0, 0.05) is 5.92 Å². The first kappa shape index (κ1) is 24.3. The molecule has 156 valence electrons. The van der Waals surface area contributed by atoms with Crippen molar-refractivity contribution in [3.05, 3.63) is 35.9 Å². The van der Waals surface area contributed by atoms with Crippen molar-refractivity contribution in [2.45, 2.75) is 51.2 Å². The lowest BCUT2D eigenvalue weighted by molar-refractivity contribution is -0.154. The van der Waals surface area contributed by atoms with E-state index in [0.29, 0.717) is 0 Å². The highest BCUT2D eigenvalue weighted by Gasteiger charge is 2.75. The van der Waals surface area contributed by atoms with Gasteiger partial charge in [-0.2, -0.15) is 0 Å². The van der Waals surface area contributed by atoms with Crippen LogP contribution in [0.3, 0.4) is 0 Å². The summed E-state index contributed by atoms with van der Waals surface area (Å²) in [5.41, 5.74) is 0.773. The Hall–Kier alpha value is 0.0400. The normalized spacial score (nSPS) is 37.9. The number of esters is 2. The minimum atomic E-state index is -1.35. The van der Waals surface area contributed by atoms with E-state index in [1.165, 1.54) is 0 Å². The first-order valence-corrected chi connectivity index (χ1v) is 12.0. The topological polar surface area (TPSA) is 64.6 Å². The standard InChI is InChI=1S/C19H23Br4NO4/c1-5-27-14(25)18(22)13(12-10-8-7-9-11-12)19(23,15(26)28-6-2)17(4,21)24-16(18,3)20/h7-11,13,24H,5-6H2,1-4H3/t13?,16-,17-,18-,19+/m0/s1. The second-order valence-corrected chi connectivity index (χ2v) is 12.5. The Bertz CT molecular complexity index is 701. The van der Waals surface area contributed by atoms with E-state index in [1.54, 1.807) is 13.8 Å². The Labute approximate surface area is 199 Å². The molecule has 1 aromatic rings. The molecule has 1 aliphatic heterocycles. The molecule has 0 amide bonds. The molecule has 0 radical (unpaired) electrons. The van der Waals surface area contributed by atoms with Crippen LogP contribution in [0.1, 0.15) is 39.2 Å². The lowest BCUT2D eigenvalue weighted by atomic mass is 9.67. The van der Waals surface area contributed by atoms with Gasteiger partial charge in [-0.25, -0.2) is 0 Å². The summed E-state index contributed by atoms with van der Waals surface area (Å²) in [6.07, 6.45) is 0. The molecular formula is C19H23Br4NO4. The number of carbonyl (C=O) groups excluding carboxylic acids is 2. The highest BCUT2D eigenvalue weighted by Crippen LogP contribution is 2.63. The Morgan fingerprint density at radius 1 is 0.893 bits per heavy atom. The van der Waals surface area contributed by atoms with E-state index in [-0.39, 0.29) is 13.2 Å². The van der Waals surface area contributed by atoms with Gasteiger partial charge in [0.15, 0.2) is 8.65 Å². The van der Waals surface area contributed by atoms with Crippen LogP contribution in [0.5, 0.6) is 0 Å². The van der Waals surface area contributed by atoms with Crippen LogP contribution >= 0.6 is 63.7 Å². The molecule has 0 saturated carbocycles. The third-order valence-corrected chi connectivity index (χ3v) is 10.8. The van der Waals surface area contributed by atoms with Gasteiger partial charge in [0.25, 0.3) is 0 Å².